The lowest BCUT2D eigenvalue weighted by Gasteiger charge is -2.14. The van der Waals surface area contributed by atoms with Crippen LogP contribution in [-0.4, -0.2) is 24.5 Å². The van der Waals surface area contributed by atoms with E-state index in [1.807, 2.05) is 12.1 Å². The van der Waals surface area contributed by atoms with Gasteiger partial charge in [0.25, 0.3) is 0 Å². The third-order valence-corrected chi connectivity index (χ3v) is 4.04. The zero-order valence-corrected chi connectivity index (χ0v) is 17.2. The lowest BCUT2D eigenvalue weighted by Crippen LogP contribution is -2.37. The average molecular weight is 448 g/mol. The first-order valence-corrected chi connectivity index (χ1v) is 8.29. The molecule has 2 aromatic rings. The molecule has 128 valence electrons. The van der Waals surface area contributed by atoms with Crippen LogP contribution in [0.4, 0.5) is 0 Å². The van der Waals surface area contributed by atoms with Gasteiger partial charge < -0.3 is 15.1 Å². The van der Waals surface area contributed by atoms with E-state index in [0.29, 0.717) is 6.54 Å². The van der Waals surface area contributed by atoms with Crippen molar-refractivity contribution in [2.75, 3.05) is 13.6 Å². The highest BCUT2D eigenvalue weighted by atomic mass is 127. The number of hydrogen-bond donors (Lipinski definition) is 2. The molecule has 0 spiro atoms. The fraction of sp³-hybridized carbons (Fsp3) is 0.500. The van der Waals surface area contributed by atoms with Crippen LogP contribution in [0.25, 0.3) is 0 Å². The van der Waals surface area contributed by atoms with E-state index >= 15 is 0 Å². The van der Waals surface area contributed by atoms with Crippen molar-refractivity contribution in [2.45, 2.75) is 39.2 Å². The molecular weight excluding hydrogens is 423 g/mol. The second-order valence-electron chi connectivity index (χ2n) is 6.06. The van der Waals surface area contributed by atoms with Gasteiger partial charge in [0, 0.05) is 30.8 Å². The van der Waals surface area contributed by atoms with Crippen molar-refractivity contribution in [3.8, 4) is 0 Å². The van der Waals surface area contributed by atoms with E-state index in [4.69, 9.17) is 4.42 Å². The van der Waals surface area contributed by atoms with Gasteiger partial charge >= 0.3 is 0 Å². The quantitative estimate of drug-likeness (QED) is 0.417. The lowest BCUT2D eigenvalue weighted by atomic mass is 9.93. The second kappa shape index (κ2) is 9.27. The Balaban J connectivity index is 0.00000264. The lowest BCUT2D eigenvalue weighted by molar-refractivity contribution is 0.507. The van der Waals surface area contributed by atoms with Crippen LogP contribution < -0.4 is 10.6 Å². The number of hydrogen-bond acceptors (Lipinski definition) is 4. The summed E-state index contributed by atoms with van der Waals surface area (Å²) < 4.78 is 5.30. The van der Waals surface area contributed by atoms with Crippen molar-refractivity contribution in [1.29, 1.82) is 0 Å². The van der Waals surface area contributed by atoms with E-state index in [-0.39, 0.29) is 29.4 Å². The Kier molecular flexibility index (Phi) is 8.04. The van der Waals surface area contributed by atoms with Crippen LogP contribution in [0.3, 0.4) is 0 Å². The Morgan fingerprint density at radius 1 is 1.35 bits per heavy atom. The first-order valence-electron chi connectivity index (χ1n) is 7.41. The number of furan rings is 1. The van der Waals surface area contributed by atoms with Crippen molar-refractivity contribution in [2.24, 2.45) is 4.99 Å². The number of guanidine groups is 1. The molecule has 0 atom stereocenters. The molecule has 7 heteroatoms. The van der Waals surface area contributed by atoms with Gasteiger partial charge in [-0.15, -0.1) is 35.3 Å². The van der Waals surface area contributed by atoms with Gasteiger partial charge in [0.2, 0.25) is 0 Å². The maximum absolute atomic E-state index is 5.30. The molecule has 0 aromatic carbocycles. The molecule has 0 saturated carbocycles. The number of nitrogens with one attached hydrogen (secondary N) is 2. The molecule has 0 bridgehead atoms. The third kappa shape index (κ3) is 6.50. The van der Waals surface area contributed by atoms with E-state index in [1.165, 1.54) is 0 Å². The smallest absolute Gasteiger partial charge is 0.191 e. The van der Waals surface area contributed by atoms with Crippen LogP contribution in [0.15, 0.2) is 33.2 Å². The number of aromatic nitrogens is 1. The van der Waals surface area contributed by atoms with Crippen LogP contribution >= 0.6 is 35.3 Å². The van der Waals surface area contributed by atoms with Gasteiger partial charge in [-0.25, -0.2) is 4.98 Å². The molecule has 0 radical (unpaired) electrons. The predicted molar refractivity (Wildman–Crippen MR) is 107 cm³/mol. The van der Waals surface area contributed by atoms with Gasteiger partial charge in [-0.1, -0.05) is 20.8 Å². The van der Waals surface area contributed by atoms with Crippen LogP contribution in [0.1, 0.15) is 37.2 Å². The van der Waals surface area contributed by atoms with E-state index in [2.05, 4.69) is 46.8 Å². The maximum Gasteiger partial charge on any atom is 0.191 e. The van der Waals surface area contributed by atoms with Gasteiger partial charge in [0.1, 0.15) is 10.8 Å². The summed E-state index contributed by atoms with van der Waals surface area (Å²) in [6.45, 7) is 7.98. The Morgan fingerprint density at radius 3 is 2.70 bits per heavy atom. The summed E-state index contributed by atoms with van der Waals surface area (Å²) in [5.41, 5.74) is 1.23. The summed E-state index contributed by atoms with van der Waals surface area (Å²) in [4.78, 5) is 8.89. The maximum atomic E-state index is 5.30. The molecule has 2 aromatic heterocycles. The number of thiazole rings is 1. The zero-order chi connectivity index (χ0) is 16.0. The Labute approximate surface area is 159 Å². The molecule has 5 nitrogen and oxygen atoms in total. The van der Waals surface area contributed by atoms with Crippen molar-refractivity contribution in [3.63, 3.8) is 0 Å². The molecule has 0 aliphatic carbocycles. The molecule has 0 aliphatic rings. The molecule has 0 aliphatic heterocycles. The minimum Gasteiger partial charge on any atom is -0.469 e. The first-order chi connectivity index (χ1) is 10.5. The average Bonchev–Trinajstić information content (AvgIpc) is 3.13. The molecule has 0 fully saturated rings. The summed E-state index contributed by atoms with van der Waals surface area (Å²) in [5.74, 6) is 1.75. The fourth-order valence-corrected chi connectivity index (χ4v) is 2.84. The summed E-state index contributed by atoms with van der Waals surface area (Å²) >= 11 is 1.68. The SMILES string of the molecule is CN=C(NCCc1ccco1)NCc1nc(C(C)(C)C)cs1.I. The molecule has 0 amide bonds. The fourth-order valence-electron chi connectivity index (χ4n) is 1.88. The molecule has 2 heterocycles. The van der Waals surface area contributed by atoms with E-state index in [1.54, 1.807) is 24.6 Å². The standard InChI is InChI=1S/C16H24N4OS.HI/c1-16(2,3)13-11-22-14(20-13)10-19-15(17-4)18-8-7-12-6-5-9-21-12;/h5-6,9,11H,7-8,10H2,1-4H3,(H2,17,18,19);1H. The molecule has 0 saturated heterocycles. The minimum atomic E-state index is 0. The molecule has 0 unspecified atom stereocenters. The zero-order valence-electron chi connectivity index (χ0n) is 14.0. The highest BCUT2D eigenvalue weighted by molar-refractivity contribution is 14.0. The summed E-state index contributed by atoms with van der Waals surface area (Å²) in [6, 6.07) is 3.87. The molecular formula is C16H25IN4OS. The van der Waals surface area contributed by atoms with Crippen molar-refractivity contribution in [3.05, 3.63) is 40.2 Å². The van der Waals surface area contributed by atoms with Gasteiger partial charge in [0.15, 0.2) is 5.96 Å². The predicted octanol–water partition coefficient (Wildman–Crippen LogP) is 3.56. The van der Waals surface area contributed by atoms with E-state index in [9.17, 15) is 0 Å². The normalized spacial score (nSPS) is 11.9. The topological polar surface area (TPSA) is 62.5 Å². The monoisotopic (exact) mass is 448 g/mol. The van der Waals surface area contributed by atoms with Crippen LogP contribution in [0.2, 0.25) is 0 Å². The van der Waals surface area contributed by atoms with Crippen molar-refractivity contribution in [1.82, 2.24) is 15.6 Å². The number of aliphatic imine (C=N–C) groups is 1. The largest absolute Gasteiger partial charge is 0.469 e. The van der Waals surface area contributed by atoms with E-state index in [0.717, 1.165) is 35.4 Å². The highest BCUT2D eigenvalue weighted by Gasteiger charge is 2.17. The third-order valence-electron chi connectivity index (χ3n) is 3.19. The van der Waals surface area contributed by atoms with Crippen LogP contribution in [0, 0.1) is 0 Å². The van der Waals surface area contributed by atoms with Gasteiger partial charge in [0.05, 0.1) is 18.5 Å². The molecule has 2 rings (SSSR count). The Hall–Kier alpha value is -1.09. The highest BCUT2D eigenvalue weighted by Crippen LogP contribution is 2.23. The van der Waals surface area contributed by atoms with Gasteiger partial charge in [-0.3, -0.25) is 4.99 Å². The number of rotatable bonds is 5. The first kappa shape index (κ1) is 20.0. The number of halogens is 1. The van der Waals surface area contributed by atoms with E-state index < -0.39 is 0 Å². The van der Waals surface area contributed by atoms with Crippen molar-refractivity contribution < 1.29 is 4.42 Å². The minimum absolute atomic E-state index is 0. The van der Waals surface area contributed by atoms with Crippen molar-refractivity contribution >= 4 is 41.3 Å². The van der Waals surface area contributed by atoms with Crippen LogP contribution in [0.5, 0.6) is 0 Å². The second-order valence-corrected chi connectivity index (χ2v) is 7.00. The Bertz CT molecular complexity index is 602. The molecule has 23 heavy (non-hydrogen) atoms. The summed E-state index contributed by atoms with van der Waals surface area (Å²) in [6.07, 6.45) is 2.52. The summed E-state index contributed by atoms with van der Waals surface area (Å²) in [5, 5.41) is 9.76. The summed E-state index contributed by atoms with van der Waals surface area (Å²) in [7, 11) is 1.77. The molecule has 2 N–H and O–H groups in total. The number of nitrogens with zero attached hydrogens (tertiary/aromatic N) is 2. The van der Waals surface area contributed by atoms with Gasteiger partial charge in [-0.05, 0) is 12.1 Å². The Morgan fingerprint density at radius 2 is 2.13 bits per heavy atom. The van der Waals surface area contributed by atoms with Gasteiger partial charge in [-0.2, -0.15) is 0 Å². The van der Waals surface area contributed by atoms with Crippen LogP contribution in [-0.2, 0) is 18.4 Å².